The van der Waals surface area contributed by atoms with E-state index >= 15 is 0 Å². The Morgan fingerprint density at radius 3 is 2.25 bits per heavy atom. The molecule has 0 aromatic carbocycles. The molecule has 0 saturated carbocycles. The summed E-state index contributed by atoms with van der Waals surface area (Å²) in [4.78, 5) is 0. The molecule has 2 heteroatoms. The Labute approximate surface area is 51.4 Å². The fourth-order valence-corrected chi connectivity index (χ4v) is 0.727. The van der Waals surface area contributed by atoms with Gasteiger partial charge in [-0.25, -0.2) is 5.43 Å². The van der Waals surface area contributed by atoms with Crippen LogP contribution in [-0.4, -0.2) is 6.04 Å². The van der Waals surface area contributed by atoms with E-state index in [9.17, 15) is 0 Å². The molecule has 1 atom stereocenters. The van der Waals surface area contributed by atoms with Crippen LogP contribution in [0.15, 0.2) is 0 Å². The van der Waals surface area contributed by atoms with Crippen molar-refractivity contribution in [1.82, 2.24) is 11.3 Å². The first-order valence-corrected chi connectivity index (χ1v) is 3.27. The van der Waals surface area contributed by atoms with Gasteiger partial charge in [-0.3, -0.25) is 0 Å². The number of hydrogen-bond donors (Lipinski definition) is 1. The van der Waals surface area contributed by atoms with Crippen LogP contribution in [0.25, 0.3) is 0 Å². The first kappa shape index (κ1) is 7.92. The van der Waals surface area contributed by atoms with Gasteiger partial charge in [0.05, 0.1) is 0 Å². The van der Waals surface area contributed by atoms with Gasteiger partial charge in [-0.05, 0) is 12.8 Å². The summed E-state index contributed by atoms with van der Waals surface area (Å²) in [5.41, 5.74) is 2.50. The molecule has 49 valence electrons. The van der Waals surface area contributed by atoms with E-state index in [2.05, 4.69) is 19.3 Å². The average molecular weight is 115 g/mol. The highest BCUT2D eigenvalue weighted by Crippen LogP contribution is 1.98. The minimum atomic E-state index is 0.417. The molecule has 0 aliphatic carbocycles. The van der Waals surface area contributed by atoms with Crippen LogP contribution in [0.3, 0.4) is 0 Å². The molecular weight excluding hydrogens is 100 g/mol. The maximum Gasteiger partial charge on any atom is 0.0223 e. The van der Waals surface area contributed by atoms with E-state index in [0.29, 0.717) is 6.04 Å². The highest BCUT2D eigenvalue weighted by molar-refractivity contribution is 4.57. The van der Waals surface area contributed by atoms with E-state index in [0.717, 1.165) is 12.8 Å². The lowest BCUT2D eigenvalue weighted by atomic mass is 10.1. The molecule has 2 nitrogen and oxygen atoms in total. The summed E-state index contributed by atoms with van der Waals surface area (Å²) >= 11 is 0. The predicted molar refractivity (Wildman–Crippen MR) is 35.2 cm³/mol. The Morgan fingerprint density at radius 2 is 2.12 bits per heavy atom. The number of nitrogens with one attached hydrogen (secondary N) is 2. The van der Waals surface area contributed by atoms with Gasteiger partial charge in [-0.2, -0.15) is 5.84 Å². The fraction of sp³-hybridized carbons (Fsp3) is 1.00. The van der Waals surface area contributed by atoms with Crippen molar-refractivity contribution in [2.45, 2.75) is 39.2 Å². The average Bonchev–Trinajstić information content (AvgIpc) is 1.83. The van der Waals surface area contributed by atoms with Gasteiger partial charge in [-0.1, -0.05) is 20.3 Å². The number of hydrogen-bond acceptors (Lipinski definition) is 1. The smallest absolute Gasteiger partial charge is 0.0223 e. The zero-order valence-corrected chi connectivity index (χ0v) is 5.70. The van der Waals surface area contributed by atoms with Gasteiger partial charge in [-0.15, -0.1) is 0 Å². The normalized spacial score (nSPS) is 13.9. The van der Waals surface area contributed by atoms with Crippen molar-refractivity contribution < 1.29 is 0 Å². The molecular formula is C6H15N2. The molecule has 0 spiro atoms. The lowest BCUT2D eigenvalue weighted by Gasteiger charge is -2.09. The van der Waals surface area contributed by atoms with Crippen molar-refractivity contribution >= 4 is 0 Å². The Morgan fingerprint density at radius 1 is 1.50 bits per heavy atom. The van der Waals surface area contributed by atoms with Gasteiger partial charge in [0.15, 0.2) is 0 Å². The first-order valence-electron chi connectivity index (χ1n) is 3.27. The molecule has 0 fully saturated rings. The summed E-state index contributed by atoms with van der Waals surface area (Å²) in [6.45, 7) is 4.24. The van der Waals surface area contributed by atoms with Crippen LogP contribution in [0.1, 0.15) is 33.1 Å². The van der Waals surface area contributed by atoms with E-state index < -0.39 is 0 Å². The summed E-state index contributed by atoms with van der Waals surface area (Å²) in [6, 6.07) is 0.417. The largest absolute Gasteiger partial charge is 0.240 e. The van der Waals surface area contributed by atoms with Gasteiger partial charge in [0.1, 0.15) is 0 Å². The molecule has 2 N–H and O–H groups in total. The fourth-order valence-electron chi connectivity index (χ4n) is 0.727. The third-order valence-electron chi connectivity index (χ3n) is 1.33. The predicted octanol–water partition coefficient (Wildman–Crippen LogP) is 1.35. The quantitative estimate of drug-likeness (QED) is 0.551. The summed E-state index contributed by atoms with van der Waals surface area (Å²) in [7, 11) is 0. The molecule has 8 heavy (non-hydrogen) atoms. The first-order chi connectivity index (χ1) is 3.85. The topological polar surface area (TPSA) is 35.8 Å². The summed E-state index contributed by atoms with van der Waals surface area (Å²) in [5.74, 6) is 6.81. The monoisotopic (exact) mass is 115 g/mol. The summed E-state index contributed by atoms with van der Waals surface area (Å²) in [6.07, 6.45) is 3.36. The molecule has 0 amide bonds. The molecule has 0 aliphatic heterocycles. The lowest BCUT2D eigenvalue weighted by molar-refractivity contribution is 0.466. The molecule has 1 radical (unpaired) electrons. The van der Waals surface area contributed by atoms with Crippen LogP contribution in [0, 0.1) is 0 Å². The van der Waals surface area contributed by atoms with Crippen LogP contribution in [0.5, 0.6) is 0 Å². The zero-order valence-electron chi connectivity index (χ0n) is 5.70. The van der Waals surface area contributed by atoms with E-state index in [4.69, 9.17) is 5.84 Å². The van der Waals surface area contributed by atoms with E-state index in [1.165, 1.54) is 6.42 Å². The van der Waals surface area contributed by atoms with E-state index in [-0.39, 0.29) is 0 Å². The van der Waals surface area contributed by atoms with Crippen molar-refractivity contribution in [2.75, 3.05) is 0 Å². The van der Waals surface area contributed by atoms with Crippen molar-refractivity contribution in [3.63, 3.8) is 0 Å². The maximum atomic E-state index is 6.81. The Bertz CT molecular complexity index is 41.8. The second-order valence-corrected chi connectivity index (χ2v) is 2.04. The van der Waals surface area contributed by atoms with Crippen LogP contribution >= 0.6 is 0 Å². The van der Waals surface area contributed by atoms with Crippen LogP contribution in [0.2, 0.25) is 0 Å². The molecule has 0 rings (SSSR count). The van der Waals surface area contributed by atoms with Gasteiger partial charge in [0.25, 0.3) is 0 Å². The van der Waals surface area contributed by atoms with Crippen LogP contribution in [-0.2, 0) is 0 Å². The minimum Gasteiger partial charge on any atom is -0.240 e. The highest BCUT2D eigenvalue weighted by Gasteiger charge is 1.98. The zero-order chi connectivity index (χ0) is 6.41. The van der Waals surface area contributed by atoms with E-state index in [1.54, 1.807) is 0 Å². The van der Waals surface area contributed by atoms with Crippen molar-refractivity contribution in [1.29, 1.82) is 0 Å². The SMILES string of the molecule is CCCC(CC)N[NH]. The molecule has 0 bridgehead atoms. The molecule has 0 saturated heterocycles. The second-order valence-electron chi connectivity index (χ2n) is 2.04. The number of rotatable bonds is 4. The van der Waals surface area contributed by atoms with Crippen molar-refractivity contribution in [3.05, 3.63) is 0 Å². The third-order valence-corrected chi connectivity index (χ3v) is 1.33. The highest BCUT2D eigenvalue weighted by atomic mass is 15.2. The van der Waals surface area contributed by atoms with Gasteiger partial charge in [0.2, 0.25) is 0 Å². The van der Waals surface area contributed by atoms with Gasteiger partial charge >= 0.3 is 0 Å². The van der Waals surface area contributed by atoms with E-state index in [1.807, 2.05) is 0 Å². The molecule has 0 heterocycles. The Kier molecular flexibility index (Phi) is 5.01. The van der Waals surface area contributed by atoms with Crippen LogP contribution in [0.4, 0.5) is 0 Å². The third kappa shape index (κ3) is 2.99. The maximum absolute atomic E-state index is 6.81. The standard InChI is InChI=1S/C6H15N2/c1-3-5-6(4-2)8-7/h6-8H,3-5H2,1-2H3. The lowest BCUT2D eigenvalue weighted by Crippen LogP contribution is -2.25. The molecule has 0 aromatic heterocycles. The van der Waals surface area contributed by atoms with Crippen molar-refractivity contribution in [3.8, 4) is 0 Å². The molecule has 0 aliphatic rings. The summed E-state index contributed by atoms with van der Waals surface area (Å²) < 4.78 is 0. The molecule has 1 unspecified atom stereocenters. The van der Waals surface area contributed by atoms with Crippen LogP contribution < -0.4 is 11.3 Å². The van der Waals surface area contributed by atoms with Crippen molar-refractivity contribution in [2.24, 2.45) is 0 Å². The van der Waals surface area contributed by atoms with Gasteiger partial charge in [0, 0.05) is 6.04 Å². The Balaban J connectivity index is 3.07. The second kappa shape index (κ2) is 5.06. The minimum absolute atomic E-state index is 0.417. The summed E-state index contributed by atoms with van der Waals surface area (Å²) in [5, 5.41) is 0. The van der Waals surface area contributed by atoms with Gasteiger partial charge < -0.3 is 0 Å². The molecule has 0 aromatic rings. The Hall–Kier alpha value is -0.0800.